The molecule has 1 heterocycles. The SMILES string of the molecule is CC(=O)NC1=CC=CC=NN1. The number of hydrogen-bond acceptors (Lipinski definition) is 3. The van der Waals surface area contributed by atoms with Gasteiger partial charge in [0.15, 0.2) is 0 Å². The summed E-state index contributed by atoms with van der Waals surface area (Å²) in [4.78, 5) is 10.6. The van der Waals surface area contributed by atoms with E-state index in [0.29, 0.717) is 5.82 Å². The highest BCUT2D eigenvalue weighted by Gasteiger charge is 1.95. The molecule has 0 aromatic carbocycles. The lowest BCUT2D eigenvalue weighted by Crippen LogP contribution is -2.26. The van der Waals surface area contributed by atoms with Crippen LogP contribution >= 0.6 is 0 Å². The molecule has 0 aromatic rings. The molecule has 0 radical (unpaired) electrons. The highest BCUT2D eigenvalue weighted by molar-refractivity contribution is 5.75. The Bertz CT molecular complexity index is 240. The van der Waals surface area contributed by atoms with Crippen molar-refractivity contribution in [1.29, 1.82) is 0 Å². The maximum absolute atomic E-state index is 10.6. The van der Waals surface area contributed by atoms with Gasteiger partial charge >= 0.3 is 0 Å². The van der Waals surface area contributed by atoms with Crippen LogP contribution in [-0.2, 0) is 4.79 Å². The number of carbonyl (C=O) groups is 1. The molecule has 11 heavy (non-hydrogen) atoms. The van der Waals surface area contributed by atoms with Crippen molar-refractivity contribution in [3.63, 3.8) is 0 Å². The molecule has 1 rings (SSSR count). The Morgan fingerprint density at radius 3 is 3.18 bits per heavy atom. The molecule has 4 nitrogen and oxygen atoms in total. The van der Waals surface area contributed by atoms with E-state index in [1.165, 1.54) is 6.92 Å². The maximum atomic E-state index is 10.6. The third-order valence-electron chi connectivity index (χ3n) is 1.03. The van der Waals surface area contributed by atoms with Crippen LogP contribution < -0.4 is 10.7 Å². The molecule has 0 spiro atoms. The van der Waals surface area contributed by atoms with E-state index in [1.54, 1.807) is 24.4 Å². The number of allylic oxidation sites excluding steroid dienone is 3. The van der Waals surface area contributed by atoms with Gasteiger partial charge in [0.2, 0.25) is 5.91 Å². The molecule has 0 saturated heterocycles. The molecular formula is C7H9N3O. The van der Waals surface area contributed by atoms with Crippen molar-refractivity contribution in [1.82, 2.24) is 10.7 Å². The predicted molar refractivity (Wildman–Crippen MR) is 42.7 cm³/mol. The largest absolute Gasteiger partial charge is 0.311 e. The average Bonchev–Trinajstić information content (AvgIpc) is 2.14. The first kappa shape index (κ1) is 7.53. The second kappa shape index (κ2) is 3.55. The van der Waals surface area contributed by atoms with Gasteiger partial charge in [0.25, 0.3) is 0 Å². The number of carbonyl (C=O) groups excluding carboxylic acids is 1. The van der Waals surface area contributed by atoms with Crippen molar-refractivity contribution in [3.8, 4) is 0 Å². The molecule has 0 unspecified atom stereocenters. The minimum absolute atomic E-state index is 0.116. The highest BCUT2D eigenvalue weighted by Crippen LogP contribution is 1.88. The van der Waals surface area contributed by atoms with E-state index in [0.717, 1.165) is 0 Å². The van der Waals surface area contributed by atoms with Crippen LogP contribution in [0, 0.1) is 0 Å². The third-order valence-corrected chi connectivity index (χ3v) is 1.03. The van der Waals surface area contributed by atoms with Crippen LogP contribution in [0.15, 0.2) is 29.2 Å². The lowest BCUT2D eigenvalue weighted by atomic mass is 10.4. The van der Waals surface area contributed by atoms with Crippen molar-refractivity contribution in [2.24, 2.45) is 5.10 Å². The molecule has 58 valence electrons. The Hall–Kier alpha value is -1.58. The van der Waals surface area contributed by atoms with Gasteiger partial charge in [-0.1, -0.05) is 6.08 Å². The van der Waals surface area contributed by atoms with Crippen LogP contribution in [0.2, 0.25) is 0 Å². The van der Waals surface area contributed by atoms with Crippen LogP contribution in [0.3, 0.4) is 0 Å². The lowest BCUT2D eigenvalue weighted by molar-refractivity contribution is -0.118. The summed E-state index contributed by atoms with van der Waals surface area (Å²) in [6.45, 7) is 1.45. The summed E-state index contributed by atoms with van der Waals surface area (Å²) in [5.74, 6) is 0.469. The minimum atomic E-state index is -0.116. The monoisotopic (exact) mass is 151 g/mol. The van der Waals surface area contributed by atoms with Gasteiger partial charge in [-0.2, -0.15) is 5.10 Å². The zero-order valence-electron chi connectivity index (χ0n) is 6.16. The van der Waals surface area contributed by atoms with E-state index in [2.05, 4.69) is 15.8 Å². The number of rotatable bonds is 1. The number of nitrogens with zero attached hydrogens (tertiary/aromatic N) is 1. The Morgan fingerprint density at radius 2 is 2.45 bits per heavy atom. The maximum Gasteiger partial charge on any atom is 0.222 e. The Balaban J connectivity index is 2.57. The van der Waals surface area contributed by atoms with Gasteiger partial charge in [-0.3, -0.25) is 10.2 Å². The second-order valence-corrected chi connectivity index (χ2v) is 2.04. The Labute approximate surface area is 64.7 Å². The van der Waals surface area contributed by atoms with Gasteiger partial charge in [0, 0.05) is 13.1 Å². The van der Waals surface area contributed by atoms with Gasteiger partial charge in [-0.15, -0.1) is 0 Å². The summed E-state index contributed by atoms with van der Waals surface area (Å²) in [6, 6.07) is 0. The summed E-state index contributed by atoms with van der Waals surface area (Å²) in [7, 11) is 0. The fourth-order valence-corrected chi connectivity index (χ4v) is 0.648. The summed E-state index contributed by atoms with van der Waals surface area (Å²) in [6.07, 6.45) is 6.89. The lowest BCUT2D eigenvalue weighted by Gasteiger charge is -2.03. The molecule has 1 aliphatic rings. The molecule has 1 aliphatic heterocycles. The molecule has 4 heteroatoms. The highest BCUT2D eigenvalue weighted by atomic mass is 16.1. The first-order valence-electron chi connectivity index (χ1n) is 3.22. The Morgan fingerprint density at radius 1 is 1.64 bits per heavy atom. The second-order valence-electron chi connectivity index (χ2n) is 2.04. The van der Waals surface area contributed by atoms with Crippen molar-refractivity contribution < 1.29 is 4.79 Å². The van der Waals surface area contributed by atoms with Gasteiger partial charge in [-0.25, -0.2) is 0 Å². The zero-order valence-corrected chi connectivity index (χ0v) is 6.16. The van der Waals surface area contributed by atoms with E-state index in [1.807, 2.05) is 0 Å². The van der Waals surface area contributed by atoms with Crippen molar-refractivity contribution in [3.05, 3.63) is 24.0 Å². The fraction of sp³-hybridized carbons (Fsp3) is 0.143. The first-order chi connectivity index (χ1) is 5.29. The van der Waals surface area contributed by atoms with Gasteiger partial charge in [0.05, 0.1) is 0 Å². The van der Waals surface area contributed by atoms with Crippen molar-refractivity contribution in [2.75, 3.05) is 0 Å². The van der Waals surface area contributed by atoms with Crippen LogP contribution in [0.1, 0.15) is 6.92 Å². The van der Waals surface area contributed by atoms with Crippen molar-refractivity contribution >= 4 is 12.1 Å². The number of hydrazone groups is 1. The summed E-state index contributed by atoms with van der Waals surface area (Å²) < 4.78 is 0. The minimum Gasteiger partial charge on any atom is -0.311 e. The molecule has 0 atom stereocenters. The summed E-state index contributed by atoms with van der Waals surface area (Å²) in [5, 5.41) is 6.33. The summed E-state index contributed by atoms with van der Waals surface area (Å²) in [5.41, 5.74) is 2.65. The van der Waals surface area contributed by atoms with E-state index in [9.17, 15) is 4.79 Å². The number of nitrogens with one attached hydrogen (secondary N) is 2. The van der Waals surface area contributed by atoms with Crippen LogP contribution in [0.5, 0.6) is 0 Å². The number of amides is 1. The summed E-state index contributed by atoms with van der Waals surface area (Å²) >= 11 is 0. The zero-order chi connectivity index (χ0) is 8.10. The van der Waals surface area contributed by atoms with Crippen LogP contribution in [-0.4, -0.2) is 12.1 Å². The van der Waals surface area contributed by atoms with E-state index < -0.39 is 0 Å². The molecule has 0 aromatic heterocycles. The molecule has 0 saturated carbocycles. The molecule has 0 fully saturated rings. The number of hydrogen-bond donors (Lipinski definition) is 2. The van der Waals surface area contributed by atoms with Gasteiger partial charge < -0.3 is 5.32 Å². The molecule has 2 N–H and O–H groups in total. The standard InChI is InChI=1S/C7H9N3O/c1-6(11)9-7-4-2-3-5-8-10-7/h2-5,10H,1H3,(H,9,11). The van der Waals surface area contributed by atoms with Gasteiger partial charge in [0.1, 0.15) is 5.82 Å². The van der Waals surface area contributed by atoms with Gasteiger partial charge in [-0.05, 0) is 12.2 Å². The molecule has 0 aliphatic carbocycles. The third kappa shape index (κ3) is 2.66. The van der Waals surface area contributed by atoms with Crippen LogP contribution in [0.25, 0.3) is 0 Å². The fourth-order valence-electron chi connectivity index (χ4n) is 0.648. The van der Waals surface area contributed by atoms with Crippen LogP contribution in [0.4, 0.5) is 0 Å². The normalized spacial score (nSPS) is 14.8. The molecular weight excluding hydrogens is 142 g/mol. The Kier molecular flexibility index (Phi) is 2.43. The van der Waals surface area contributed by atoms with E-state index in [4.69, 9.17) is 0 Å². The quantitative estimate of drug-likeness (QED) is 0.558. The predicted octanol–water partition coefficient (Wildman–Crippen LogP) is 0.109. The van der Waals surface area contributed by atoms with Crippen molar-refractivity contribution in [2.45, 2.75) is 6.92 Å². The topological polar surface area (TPSA) is 53.5 Å². The van der Waals surface area contributed by atoms with E-state index >= 15 is 0 Å². The first-order valence-corrected chi connectivity index (χ1v) is 3.22. The molecule has 0 bridgehead atoms. The smallest absolute Gasteiger partial charge is 0.222 e. The van der Waals surface area contributed by atoms with E-state index in [-0.39, 0.29) is 5.91 Å². The average molecular weight is 151 g/mol. The molecule has 1 amide bonds.